The number of Topliss-reactive ketones (excluding diaryl/α,β-unsaturated/α-hetero) is 1. The second-order valence-corrected chi connectivity index (χ2v) is 6.19. The van der Waals surface area contributed by atoms with E-state index < -0.39 is 5.97 Å². The van der Waals surface area contributed by atoms with Crippen molar-refractivity contribution in [2.75, 3.05) is 11.9 Å². The average Bonchev–Trinajstić information content (AvgIpc) is 2.62. The van der Waals surface area contributed by atoms with E-state index in [0.717, 1.165) is 17.5 Å². The molecule has 1 amide bonds. The lowest BCUT2D eigenvalue weighted by Gasteiger charge is -2.08. The van der Waals surface area contributed by atoms with E-state index in [4.69, 9.17) is 4.74 Å². The molecule has 0 bridgehead atoms. The van der Waals surface area contributed by atoms with Gasteiger partial charge in [0, 0.05) is 17.7 Å². The van der Waals surface area contributed by atoms with Gasteiger partial charge in [0.15, 0.2) is 12.4 Å². The van der Waals surface area contributed by atoms with Crippen LogP contribution in [0.2, 0.25) is 0 Å². The SMILES string of the molecule is CCCC(=O)Nc1ccc(C(=O)COC(=O)c2cc(C)ccc2C)cc1. The molecule has 0 aliphatic carbocycles. The molecule has 5 nitrogen and oxygen atoms in total. The fraction of sp³-hybridized carbons (Fsp3) is 0.286. The molecule has 0 aromatic heterocycles. The Kier molecular flexibility index (Phi) is 6.67. The van der Waals surface area contributed by atoms with Crippen LogP contribution in [0.1, 0.15) is 51.6 Å². The Morgan fingerprint density at radius 3 is 2.35 bits per heavy atom. The van der Waals surface area contributed by atoms with Crippen molar-refractivity contribution in [2.45, 2.75) is 33.6 Å². The first kappa shape index (κ1) is 19.4. The monoisotopic (exact) mass is 353 g/mol. The van der Waals surface area contributed by atoms with E-state index in [1.54, 1.807) is 30.3 Å². The maximum Gasteiger partial charge on any atom is 0.338 e. The Labute approximate surface area is 153 Å². The van der Waals surface area contributed by atoms with E-state index in [9.17, 15) is 14.4 Å². The van der Waals surface area contributed by atoms with Gasteiger partial charge in [0.1, 0.15) is 0 Å². The van der Waals surface area contributed by atoms with Gasteiger partial charge in [-0.1, -0.05) is 24.6 Å². The second-order valence-electron chi connectivity index (χ2n) is 6.19. The zero-order valence-electron chi connectivity index (χ0n) is 15.3. The molecule has 2 aromatic rings. The largest absolute Gasteiger partial charge is 0.454 e. The molecule has 0 fully saturated rings. The van der Waals surface area contributed by atoms with Crippen LogP contribution in [-0.2, 0) is 9.53 Å². The predicted molar refractivity (Wildman–Crippen MR) is 101 cm³/mol. The normalized spacial score (nSPS) is 10.3. The van der Waals surface area contributed by atoms with Gasteiger partial charge in [0.25, 0.3) is 0 Å². The van der Waals surface area contributed by atoms with Crippen LogP contribution >= 0.6 is 0 Å². The number of carbonyl (C=O) groups is 3. The summed E-state index contributed by atoms with van der Waals surface area (Å²) in [5.41, 5.74) is 3.28. The molecule has 0 heterocycles. The van der Waals surface area contributed by atoms with Crippen LogP contribution < -0.4 is 5.32 Å². The molecule has 0 atom stereocenters. The second kappa shape index (κ2) is 8.94. The third kappa shape index (κ3) is 5.28. The number of carbonyl (C=O) groups excluding carboxylic acids is 3. The van der Waals surface area contributed by atoms with Crippen molar-refractivity contribution < 1.29 is 19.1 Å². The number of rotatable bonds is 7. The molecule has 0 saturated carbocycles. The van der Waals surface area contributed by atoms with Crippen LogP contribution in [0, 0.1) is 13.8 Å². The molecule has 0 saturated heterocycles. The first-order valence-corrected chi connectivity index (χ1v) is 8.58. The fourth-order valence-electron chi connectivity index (χ4n) is 2.44. The lowest BCUT2D eigenvalue weighted by Crippen LogP contribution is -2.15. The highest BCUT2D eigenvalue weighted by atomic mass is 16.5. The minimum absolute atomic E-state index is 0.0611. The zero-order valence-corrected chi connectivity index (χ0v) is 15.3. The molecule has 26 heavy (non-hydrogen) atoms. The summed E-state index contributed by atoms with van der Waals surface area (Å²) >= 11 is 0. The maximum absolute atomic E-state index is 12.2. The number of esters is 1. The number of amides is 1. The smallest absolute Gasteiger partial charge is 0.338 e. The third-order valence-electron chi connectivity index (χ3n) is 3.92. The fourth-order valence-corrected chi connectivity index (χ4v) is 2.44. The van der Waals surface area contributed by atoms with E-state index in [-0.39, 0.29) is 18.3 Å². The van der Waals surface area contributed by atoms with Crippen molar-refractivity contribution >= 4 is 23.3 Å². The molecule has 2 rings (SSSR count). The van der Waals surface area contributed by atoms with Crippen LogP contribution in [0.5, 0.6) is 0 Å². The molecule has 0 aliphatic rings. The maximum atomic E-state index is 12.2. The number of aryl methyl sites for hydroxylation is 2. The Morgan fingerprint density at radius 2 is 1.69 bits per heavy atom. The van der Waals surface area contributed by atoms with Gasteiger partial charge in [-0.3, -0.25) is 9.59 Å². The topological polar surface area (TPSA) is 72.5 Å². The van der Waals surface area contributed by atoms with Gasteiger partial charge in [-0.05, 0) is 56.2 Å². The van der Waals surface area contributed by atoms with E-state index in [1.807, 2.05) is 32.9 Å². The Hall–Kier alpha value is -2.95. The van der Waals surface area contributed by atoms with Gasteiger partial charge < -0.3 is 10.1 Å². The van der Waals surface area contributed by atoms with Gasteiger partial charge in [0.2, 0.25) is 5.91 Å². The molecule has 5 heteroatoms. The van der Waals surface area contributed by atoms with Gasteiger partial charge >= 0.3 is 5.97 Å². The molecular formula is C21H23NO4. The number of hydrogen-bond acceptors (Lipinski definition) is 4. The van der Waals surface area contributed by atoms with Crippen LogP contribution in [-0.4, -0.2) is 24.3 Å². The minimum Gasteiger partial charge on any atom is -0.454 e. The van der Waals surface area contributed by atoms with Gasteiger partial charge in [-0.25, -0.2) is 4.79 Å². The summed E-state index contributed by atoms with van der Waals surface area (Å²) in [5, 5.41) is 2.76. The number of benzene rings is 2. The van der Waals surface area contributed by atoms with Crippen LogP contribution in [0.4, 0.5) is 5.69 Å². The Morgan fingerprint density at radius 1 is 1.00 bits per heavy atom. The van der Waals surface area contributed by atoms with Crippen LogP contribution in [0.25, 0.3) is 0 Å². The van der Waals surface area contributed by atoms with E-state index in [2.05, 4.69) is 5.32 Å². The number of anilines is 1. The average molecular weight is 353 g/mol. The number of ketones is 1. The van der Waals surface area contributed by atoms with E-state index in [0.29, 0.717) is 23.2 Å². The molecule has 0 aliphatic heterocycles. The Bertz CT molecular complexity index is 809. The summed E-state index contributed by atoms with van der Waals surface area (Å²) in [7, 11) is 0. The zero-order chi connectivity index (χ0) is 19.1. The van der Waals surface area contributed by atoms with Crippen molar-refractivity contribution in [3.63, 3.8) is 0 Å². The summed E-state index contributed by atoms with van der Waals surface area (Å²) in [4.78, 5) is 35.9. The van der Waals surface area contributed by atoms with Crippen LogP contribution in [0.3, 0.4) is 0 Å². The molecule has 2 aromatic carbocycles. The summed E-state index contributed by atoms with van der Waals surface area (Å²) in [6.07, 6.45) is 1.23. The molecular weight excluding hydrogens is 330 g/mol. The van der Waals surface area contributed by atoms with Crippen molar-refractivity contribution in [1.82, 2.24) is 0 Å². The van der Waals surface area contributed by atoms with Crippen molar-refractivity contribution in [3.05, 3.63) is 64.7 Å². The van der Waals surface area contributed by atoms with E-state index >= 15 is 0 Å². The van der Waals surface area contributed by atoms with Crippen molar-refractivity contribution in [1.29, 1.82) is 0 Å². The molecule has 0 spiro atoms. The van der Waals surface area contributed by atoms with Crippen molar-refractivity contribution in [3.8, 4) is 0 Å². The summed E-state index contributed by atoms with van der Waals surface area (Å²) in [6, 6.07) is 12.0. The highest BCUT2D eigenvalue weighted by molar-refractivity contribution is 6.00. The highest BCUT2D eigenvalue weighted by Crippen LogP contribution is 2.14. The van der Waals surface area contributed by atoms with E-state index in [1.165, 1.54) is 0 Å². The first-order valence-electron chi connectivity index (χ1n) is 8.58. The lowest BCUT2D eigenvalue weighted by atomic mass is 10.1. The molecule has 0 unspecified atom stereocenters. The number of nitrogens with one attached hydrogen (secondary N) is 1. The summed E-state index contributed by atoms with van der Waals surface area (Å²) in [6.45, 7) is 5.32. The van der Waals surface area contributed by atoms with Crippen molar-refractivity contribution in [2.24, 2.45) is 0 Å². The number of ether oxygens (including phenoxy) is 1. The quantitative estimate of drug-likeness (QED) is 0.601. The van der Waals surface area contributed by atoms with Gasteiger partial charge in [0.05, 0.1) is 5.56 Å². The molecule has 0 radical (unpaired) electrons. The highest BCUT2D eigenvalue weighted by Gasteiger charge is 2.14. The molecule has 1 N–H and O–H groups in total. The number of hydrogen-bond donors (Lipinski definition) is 1. The van der Waals surface area contributed by atoms with Gasteiger partial charge in [-0.2, -0.15) is 0 Å². The lowest BCUT2D eigenvalue weighted by molar-refractivity contribution is -0.116. The van der Waals surface area contributed by atoms with Gasteiger partial charge in [-0.15, -0.1) is 0 Å². The van der Waals surface area contributed by atoms with Crippen LogP contribution in [0.15, 0.2) is 42.5 Å². The third-order valence-corrected chi connectivity index (χ3v) is 3.92. The molecule has 136 valence electrons. The first-order chi connectivity index (χ1) is 12.4. The Balaban J connectivity index is 1.94. The standard InChI is InChI=1S/C21H23NO4/c1-4-5-20(24)22-17-10-8-16(9-11-17)19(23)13-26-21(25)18-12-14(2)6-7-15(18)3/h6-12H,4-5,13H2,1-3H3,(H,22,24). The summed E-state index contributed by atoms with van der Waals surface area (Å²) < 4.78 is 5.15. The minimum atomic E-state index is -0.511. The predicted octanol–water partition coefficient (Wildman–Crippen LogP) is 4.08. The summed E-state index contributed by atoms with van der Waals surface area (Å²) in [5.74, 6) is -0.868.